The van der Waals surface area contributed by atoms with Crippen LogP contribution in [0, 0.1) is 18.8 Å². The molecule has 2 aliphatic heterocycles. The number of anilines is 1. The minimum absolute atomic E-state index is 0.0389. The fourth-order valence-corrected chi connectivity index (χ4v) is 10.3. The monoisotopic (exact) mass is 733 g/mol. The van der Waals surface area contributed by atoms with Gasteiger partial charge in [-0.25, -0.2) is 4.21 Å². The van der Waals surface area contributed by atoms with Crippen molar-refractivity contribution >= 4 is 39.0 Å². The molecule has 5 atom stereocenters. The van der Waals surface area contributed by atoms with Crippen LogP contribution in [0.2, 0.25) is 5.02 Å². The predicted molar refractivity (Wildman–Crippen MR) is 200 cm³/mol. The lowest BCUT2D eigenvalue weighted by Gasteiger charge is -2.46. The summed E-state index contributed by atoms with van der Waals surface area (Å²) in [6, 6.07) is 11.6. The van der Waals surface area contributed by atoms with E-state index in [0.29, 0.717) is 49.0 Å². The lowest BCUT2D eigenvalue weighted by atomic mass is 9.68. The molecule has 0 radical (unpaired) electrons. The number of methoxy groups -OCH3 is 1. The van der Waals surface area contributed by atoms with Gasteiger partial charge in [-0.2, -0.15) is 5.10 Å². The highest BCUT2D eigenvalue weighted by atomic mass is 35.5. The lowest BCUT2D eigenvalue weighted by Crippen LogP contribution is -2.49. The normalized spacial score (nSPS) is 28.4. The van der Waals surface area contributed by atoms with E-state index in [4.69, 9.17) is 21.1 Å². The molecule has 2 aliphatic carbocycles. The standard InChI is InChI=1S/C39H48ClN5O5S/c1-26-22-41-44(2)33(26)15-17-37(46)42-51(48)19-6-4-5-9-35(49-3)31-13-10-29(31)23-45-24-39(18-7-8-27-20-30(40)12-14-32(27)39)25-50-36-16-11-28(21-34(36)45)38(47)43-51/h5,9,11-12,14,16,20-22,29,31,35H,4,6-8,10,13,15,17-19,23-25H2,1-3H3,(H,42,43,46,47,48)/b9-5+/t29-,31+,35-,39-,51?/m0/s1. The Morgan fingerprint density at radius 2 is 2.06 bits per heavy atom. The van der Waals surface area contributed by atoms with E-state index >= 15 is 0 Å². The van der Waals surface area contributed by atoms with Crippen molar-refractivity contribution in [1.82, 2.24) is 14.5 Å². The highest BCUT2D eigenvalue weighted by Crippen LogP contribution is 2.47. The van der Waals surface area contributed by atoms with Gasteiger partial charge in [-0.3, -0.25) is 19.0 Å². The maximum absolute atomic E-state index is 14.3. The van der Waals surface area contributed by atoms with E-state index in [1.54, 1.807) is 24.1 Å². The number of allylic oxidation sites excluding steroid dienone is 1. The van der Waals surface area contributed by atoms with Gasteiger partial charge >= 0.3 is 0 Å². The lowest BCUT2D eigenvalue weighted by molar-refractivity contribution is -0.119. The number of aryl methyl sites for hydroxylation is 3. The molecule has 1 aromatic heterocycles. The number of fused-ring (bicyclic) bond motifs is 4. The highest BCUT2D eigenvalue weighted by Gasteiger charge is 2.44. The number of hydrogen-bond acceptors (Lipinski definition) is 7. The Labute approximate surface area is 306 Å². The quantitative estimate of drug-likeness (QED) is 0.297. The Morgan fingerprint density at radius 3 is 2.82 bits per heavy atom. The van der Waals surface area contributed by atoms with E-state index < -0.39 is 21.7 Å². The van der Waals surface area contributed by atoms with Crippen LogP contribution in [0.25, 0.3) is 0 Å². The van der Waals surface area contributed by atoms with Crippen LogP contribution in [0.3, 0.4) is 0 Å². The molecular formula is C39H48ClN5O5S. The van der Waals surface area contributed by atoms with Crippen LogP contribution in [-0.4, -0.2) is 64.5 Å². The van der Waals surface area contributed by atoms with Crippen LogP contribution in [0.15, 0.2) is 59.1 Å². The van der Waals surface area contributed by atoms with Crippen molar-refractivity contribution in [2.24, 2.45) is 23.2 Å². The average molecular weight is 734 g/mol. The van der Waals surface area contributed by atoms with Gasteiger partial charge in [0.2, 0.25) is 5.91 Å². The molecule has 0 saturated heterocycles. The molecule has 7 rings (SSSR count). The van der Waals surface area contributed by atoms with E-state index in [2.05, 4.69) is 43.4 Å². The molecule has 1 spiro atoms. The van der Waals surface area contributed by atoms with Crippen LogP contribution < -0.4 is 14.4 Å². The van der Waals surface area contributed by atoms with Gasteiger partial charge in [0.25, 0.3) is 5.91 Å². The first kappa shape index (κ1) is 35.7. The Hall–Kier alpha value is -3.67. The van der Waals surface area contributed by atoms with Crippen molar-refractivity contribution in [2.45, 2.75) is 76.2 Å². The van der Waals surface area contributed by atoms with Crippen molar-refractivity contribution in [3.05, 3.63) is 87.7 Å². The number of aromatic nitrogens is 2. The van der Waals surface area contributed by atoms with Crippen molar-refractivity contribution in [3.63, 3.8) is 0 Å². The van der Waals surface area contributed by atoms with Crippen molar-refractivity contribution in [1.29, 1.82) is 0 Å². The minimum Gasteiger partial charge on any atom is -0.490 e. The van der Waals surface area contributed by atoms with Gasteiger partial charge in [0.15, 0.2) is 0 Å². The third kappa shape index (κ3) is 7.48. The third-order valence-electron chi connectivity index (χ3n) is 11.4. The van der Waals surface area contributed by atoms with Gasteiger partial charge in [0, 0.05) is 55.4 Å². The second-order valence-corrected chi connectivity index (χ2v) is 17.2. The van der Waals surface area contributed by atoms with E-state index in [1.165, 1.54) is 11.1 Å². The first-order valence-corrected chi connectivity index (χ1v) is 20.2. The topological polar surface area (TPSA) is 115 Å². The van der Waals surface area contributed by atoms with Crippen LogP contribution in [0.4, 0.5) is 5.69 Å². The van der Waals surface area contributed by atoms with Gasteiger partial charge < -0.3 is 14.4 Å². The zero-order chi connectivity index (χ0) is 35.8. The Kier molecular flexibility index (Phi) is 10.3. The molecule has 3 aromatic rings. The fourth-order valence-electron chi connectivity index (χ4n) is 8.51. The van der Waals surface area contributed by atoms with Crippen molar-refractivity contribution < 1.29 is 23.3 Å². The van der Waals surface area contributed by atoms with E-state index in [1.807, 2.05) is 32.2 Å². The smallest absolute Gasteiger partial charge is 0.286 e. The van der Waals surface area contributed by atoms with Gasteiger partial charge in [0.1, 0.15) is 15.7 Å². The van der Waals surface area contributed by atoms with Crippen LogP contribution in [-0.2, 0) is 44.8 Å². The van der Waals surface area contributed by atoms with E-state index in [0.717, 1.165) is 67.2 Å². The highest BCUT2D eigenvalue weighted by molar-refractivity contribution is 7.92. The van der Waals surface area contributed by atoms with Gasteiger partial charge in [0.05, 0.1) is 30.3 Å². The van der Waals surface area contributed by atoms with E-state index in [-0.39, 0.29) is 23.7 Å². The number of nitrogens with zero attached hydrogens (tertiary/aromatic N) is 4. The first-order chi connectivity index (χ1) is 24.6. The van der Waals surface area contributed by atoms with Crippen LogP contribution in [0.5, 0.6) is 5.75 Å². The number of halogens is 1. The molecule has 10 nitrogen and oxygen atoms in total. The van der Waals surface area contributed by atoms with Gasteiger partial charge in [-0.05, 0) is 117 Å². The predicted octanol–water partition coefficient (Wildman–Crippen LogP) is 6.52. The molecule has 3 heterocycles. The number of carbonyl (C=O) groups is 2. The summed E-state index contributed by atoms with van der Waals surface area (Å²) < 4.78 is 35.7. The number of ether oxygens (including phenoxy) is 2. The number of nitrogens with one attached hydrogen (secondary N) is 1. The molecule has 1 saturated carbocycles. The Morgan fingerprint density at radius 1 is 1.20 bits per heavy atom. The Balaban J connectivity index is 1.24. The summed E-state index contributed by atoms with van der Waals surface area (Å²) in [5.74, 6) is 0.479. The molecular weight excluding hydrogens is 686 g/mol. The molecule has 2 amide bonds. The van der Waals surface area contributed by atoms with Crippen molar-refractivity contribution in [2.75, 3.05) is 37.5 Å². The summed E-state index contributed by atoms with van der Waals surface area (Å²) in [6.45, 7) is 3.97. The SMILES string of the molecule is CO[C@H]1/C=C/CCCS(=O)(NC(=O)CCc2c(C)cnn2C)=NC(=O)c2ccc3c(c2)N(C[C@@H]2CC[C@H]21)C[C@@]1(CCCc2cc(Cl)ccc21)CO3. The average Bonchev–Trinajstić information content (AvgIpc) is 3.33. The number of benzene rings is 2. The molecule has 2 bridgehead atoms. The Bertz CT molecular complexity index is 1950. The fraction of sp³-hybridized carbons (Fsp3) is 0.513. The largest absolute Gasteiger partial charge is 0.490 e. The number of rotatable bonds is 5. The van der Waals surface area contributed by atoms with Crippen LogP contribution in [0.1, 0.15) is 77.7 Å². The second kappa shape index (κ2) is 14.8. The zero-order valence-corrected chi connectivity index (χ0v) is 31.3. The summed E-state index contributed by atoms with van der Waals surface area (Å²) in [5, 5.41) is 5.00. The summed E-state index contributed by atoms with van der Waals surface area (Å²) in [4.78, 5) is 29.5. The third-order valence-corrected chi connectivity index (χ3v) is 13.5. The maximum atomic E-state index is 14.3. The summed E-state index contributed by atoms with van der Waals surface area (Å²) in [7, 11) is 0.178. The van der Waals surface area contributed by atoms with Gasteiger partial charge in [-0.1, -0.05) is 29.8 Å². The molecule has 1 N–H and O–H groups in total. The van der Waals surface area contributed by atoms with Gasteiger partial charge in [-0.15, -0.1) is 4.36 Å². The first-order valence-electron chi connectivity index (χ1n) is 18.1. The minimum atomic E-state index is -3.42. The molecule has 1 fully saturated rings. The van der Waals surface area contributed by atoms with Crippen LogP contribution >= 0.6 is 11.6 Å². The van der Waals surface area contributed by atoms with Crippen molar-refractivity contribution in [3.8, 4) is 5.75 Å². The summed E-state index contributed by atoms with van der Waals surface area (Å²) >= 11 is 6.45. The van der Waals surface area contributed by atoms with E-state index in [9.17, 15) is 13.8 Å². The number of carbonyl (C=O) groups excluding carboxylic acids is 2. The summed E-state index contributed by atoms with van der Waals surface area (Å²) in [5.41, 5.74) is 5.35. The number of hydrogen-bond donors (Lipinski definition) is 1. The molecule has 51 heavy (non-hydrogen) atoms. The summed E-state index contributed by atoms with van der Waals surface area (Å²) in [6.07, 6.45) is 12.7. The molecule has 4 aliphatic rings. The number of amides is 2. The zero-order valence-electron chi connectivity index (χ0n) is 29.7. The maximum Gasteiger partial charge on any atom is 0.286 e. The molecule has 2 aromatic carbocycles. The molecule has 272 valence electrons. The molecule has 1 unspecified atom stereocenters. The second-order valence-electron chi connectivity index (χ2n) is 14.7. The molecule has 12 heteroatoms.